The number of halogens is 1. The maximum absolute atomic E-state index is 12.2. The van der Waals surface area contributed by atoms with Crippen LogP contribution >= 0.6 is 11.6 Å². The third kappa shape index (κ3) is 3.75. The van der Waals surface area contributed by atoms with Gasteiger partial charge in [0.05, 0.1) is 24.6 Å². The molecule has 3 aromatic rings. The predicted octanol–water partition coefficient (Wildman–Crippen LogP) is 3.46. The Kier molecular flexibility index (Phi) is 4.82. The first-order chi connectivity index (χ1) is 11.7. The molecule has 0 fully saturated rings. The van der Waals surface area contributed by atoms with Gasteiger partial charge in [-0.05, 0) is 42.0 Å². The van der Waals surface area contributed by atoms with Crippen molar-refractivity contribution in [3.05, 3.63) is 77.1 Å². The molecule has 0 spiro atoms. The molecule has 0 saturated heterocycles. The summed E-state index contributed by atoms with van der Waals surface area (Å²) >= 11 is 5.87. The number of amides is 1. The molecular weight excluding hydrogens is 326 g/mol. The van der Waals surface area contributed by atoms with Gasteiger partial charge in [0.15, 0.2) is 0 Å². The number of benzene rings is 2. The maximum atomic E-state index is 12.2. The van der Waals surface area contributed by atoms with E-state index < -0.39 is 0 Å². The normalized spacial score (nSPS) is 10.4. The summed E-state index contributed by atoms with van der Waals surface area (Å²) in [6.45, 7) is 0.439. The van der Waals surface area contributed by atoms with Gasteiger partial charge >= 0.3 is 0 Å². The number of carbonyl (C=O) groups is 1. The van der Waals surface area contributed by atoms with Crippen LogP contribution in [0.5, 0.6) is 5.75 Å². The Morgan fingerprint density at radius 3 is 2.54 bits per heavy atom. The van der Waals surface area contributed by atoms with Crippen molar-refractivity contribution < 1.29 is 9.53 Å². The highest BCUT2D eigenvalue weighted by Crippen LogP contribution is 2.14. The first kappa shape index (κ1) is 16.1. The lowest BCUT2D eigenvalue weighted by Gasteiger charge is -2.05. The van der Waals surface area contributed by atoms with Crippen LogP contribution in [0.1, 0.15) is 15.9 Å². The van der Waals surface area contributed by atoms with Gasteiger partial charge in [-0.25, -0.2) is 4.68 Å². The van der Waals surface area contributed by atoms with Crippen molar-refractivity contribution >= 4 is 17.5 Å². The summed E-state index contributed by atoms with van der Waals surface area (Å²) in [6, 6.07) is 14.8. The van der Waals surface area contributed by atoms with E-state index >= 15 is 0 Å². The SMILES string of the molecule is COc1ccc(CNC(=O)c2cnn(-c3ccc(Cl)cc3)c2)cc1. The molecule has 0 saturated carbocycles. The average molecular weight is 342 g/mol. The molecule has 3 rings (SSSR count). The Bertz CT molecular complexity index is 826. The molecule has 1 aromatic heterocycles. The molecule has 0 unspecified atom stereocenters. The van der Waals surface area contributed by atoms with E-state index in [0.29, 0.717) is 17.1 Å². The van der Waals surface area contributed by atoms with Crippen molar-refractivity contribution in [1.82, 2.24) is 15.1 Å². The molecule has 0 aliphatic rings. The molecule has 0 aliphatic heterocycles. The molecule has 1 heterocycles. The molecule has 0 aliphatic carbocycles. The van der Waals surface area contributed by atoms with Gasteiger partial charge < -0.3 is 10.1 Å². The quantitative estimate of drug-likeness (QED) is 0.773. The van der Waals surface area contributed by atoms with Crippen molar-refractivity contribution in [3.8, 4) is 11.4 Å². The molecule has 0 radical (unpaired) electrons. The molecule has 1 amide bonds. The summed E-state index contributed by atoms with van der Waals surface area (Å²) in [5.41, 5.74) is 2.33. The summed E-state index contributed by atoms with van der Waals surface area (Å²) < 4.78 is 6.75. The Morgan fingerprint density at radius 2 is 1.88 bits per heavy atom. The van der Waals surface area contributed by atoms with E-state index in [4.69, 9.17) is 16.3 Å². The standard InChI is InChI=1S/C18H16ClN3O2/c1-24-17-8-2-13(3-9-17)10-20-18(23)14-11-21-22(12-14)16-6-4-15(19)5-7-16/h2-9,11-12H,10H2,1H3,(H,20,23). The summed E-state index contributed by atoms with van der Waals surface area (Å²) in [6.07, 6.45) is 3.23. The molecule has 5 nitrogen and oxygen atoms in total. The van der Waals surface area contributed by atoms with Crippen molar-refractivity contribution in [1.29, 1.82) is 0 Å². The first-order valence-electron chi connectivity index (χ1n) is 7.37. The van der Waals surface area contributed by atoms with Gasteiger partial charge in [0.1, 0.15) is 5.75 Å². The Balaban J connectivity index is 1.64. The molecule has 24 heavy (non-hydrogen) atoms. The number of hydrogen-bond donors (Lipinski definition) is 1. The average Bonchev–Trinajstić information content (AvgIpc) is 3.11. The Hall–Kier alpha value is -2.79. The van der Waals surface area contributed by atoms with E-state index in [0.717, 1.165) is 17.0 Å². The van der Waals surface area contributed by atoms with E-state index in [1.807, 2.05) is 36.4 Å². The summed E-state index contributed by atoms with van der Waals surface area (Å²) in [4.78, 5) is 12.2. The summed E-state index contributed by atoms with van der Waals surface area (Å²) in [5, 5.41) is 7.74. The van der Waals surface area contributed by atoms with Crippen LogP contribution in [-0.4, -0.2) is 22.8 Å². The molecule has 0 atom stereocenters. The van der Waals surface area contributed by atoms with Crippen molar-refractivity contribution in [2.45, 2.75) is 6.54 Å². The fourth-order valence-electron chi connectivity index (χ4n) is 2.20. The second-order valence-electron chi connectivity index (χ2n) is 5.18. The fourth-order valence-corrected chi connectivity index (χ4v) is 2.33. The third-order valence-corrected chi connectivity index (χ3v) is 3.80. The summed E-state index contributed by atoms with van der Waals surface area (Å²) in [5.74, 6) is 0.611. The molecule has 1 N–H and O–H groups in total. The minimum atomic E-state index is -0.175. The third-order valence-electron chi connectivity index (χ3n) is 3.55. The van der Waals surface area contributed by atoms with Crippen LogP contribution in [0.4, 0.5) is 0 Å². The van der Waals surface area contributed by atoms with E-state index in [1.54, 1.807) is 30.1 Å². The molecule has 6 heteroatoms. The number of nitrogens with one attached hydrogen (secondary N) is 1. The zero-order valence-corrected chi connectivity index (χ0v) is 13.8. The zero-order valence-electron chi connectivity index (χ0n) is 13.1. The number of aromatic nitrogens is 2. The molecule has 2 aromatic carbocycles. The van der Waals surface area contributed by atoms with Crippen LogP contribution in [0.3, 0.4) is 0 Å². The van der Waals surface area contributed by atoms with Gasteiger partial charge in [0.2, 0.25) is 0 Å². The minimum absolute atomic E-state index is 0.175. The predicted molar refractivity (Wildman–Crippen MR) is 92.7 cm³/mol. The van der Waals surface area contributed by atoms with E-state index in [2.05, 4.69) is 10.4 Å². The van der Waals surface area contributed by atoms with Gasteiger partial charge in [-0.2, -0.15) is 5.10 Å². The minimum Gasteiger partial charge on any atom is -0.497 e. The van der Waals surface area contributed by atoms with Crippen LogP contribution in [0.25, 0.3) is 5.69 Å². The molecule has 122 valence electrons. The number of nitrogens with zero attached hydrogens (tertiary/aromatic N) is 2. The zero-order chi connectivity index (χ0) is 16.9. The van der Waals surface area contributed by atoms with E-state index in [-0.39, 0.29) is 5.91 Å². The van der Waals surface area contributed by atoms with Crippen molar-refractivity contribution in [2.75, 3.05) is 7.11 Å². The van der Waals surface area contributed by atoms with E-state index in [1.165, 1.54) is 6.20 Å². The lowest BCUT2D eigenvalue weighted by Crippen LogP contribution is -2.22. The Labute approximate surface area is 144 Å². The lowest BCUT2D eigenvalue weighted by atomic mass is 10.2. The Morgan fingerprint density at radius 1 is 1.17 bits per heavy atom. The highest BCUT2D eigenvalue weighted by Gasteiger charge is 2.09. The van der Waals surface area contributed by atoms with Crippen LogP contribution in [0.15, 0.2) is 60.9 Å². The van der Waals surface area contributed by atoms with E-state index in [9.17, 15) is 4.79 Å². The second kappa shape index (κ2) is 7.19. The van der Waals surface area contributed by atoms with Crippen molar-refractivity contribution in [2.24, 2.45) is 0 Å². The van der Waals surface area contributed by atoms with Crippen LogP contribution in [0, 0.1) is 0 Å². The smallest absolute Gasteiger partial charge is 0.254 e. The highest BCUT2D eigenvalue weighted by atomic mass is 35.5. The van der Waals surface area contributed by atoms with Crippen molar-refractivity contribution in [3.63, 3.8) is 0 Å². The summed E-state index contributed by atoms with van der Waals surface area (Å²) in [7, 11) is 1.62. The first-order valence-corrected chi connectivity index (χ1v) is 7.75. The molecule has 0 bridgehead atoms. The number of carbonyl (C=O) groups excluding carboxylic acids is 1. The number of ether oxygens (including phenoxy) is 1. The van der Waals surface area contributed by atoms with Gasteiger partial charge in [-0.15, -0.1) is 0 Å². The van der Waals surface area contributed by atoms with Crippen LogP contribution < -0.4 is 10.1 Å². The van der Waals surface area contributed by atoms with Gasteiger partial charge in [-0.1, -0.05) is 23.7 Å². The number of methoxy groups -OCH3 is 1. The maximum Gasteiger partial charge on any atom is 0.254 e. The highest BCUT2D eigenvalue weighted by molar-refractivity contribution is 6.30. The number of hydrogen-bond acceptors (Lipinski definition) is 3. The monoisotopic (exact) mass is 341 g/mol. The topological polar surface area (TPSA) is 56.1 Å². The van der Waals surface area contributed by atoms with Gasteiger partial charge in [-0.3, -0.25) is 4.79 Å². The lowest BCUT2D eigenvalue weighted by molar-refractivity contribution is 0.0951. The van der Waals surface area contributed by atoms with Gasteiger partial charge in [0.25, 0.3) is 5.91 Å². The molecular formula is C18H16ClN3O2. The van der Waals surface area contributed by atoms with Crippen LogP contribution in [-0.2, 0) is 6.54 Å². The largest absolute Gasteiger partial charge is 0.497 e. The van der Waals surface area contributed by atoms with Gasteiger partial charge in [0, 0.05) is 17.8 Å². The number of rotatable bonds is 5. The second-order valence-corrected chi connectivity index (χ2v) is 5.62. The van der Waals surface area contributed by atoms with Crippen LogP contribution in [0.2, 0.25) is 5.02 Å². The fraction of sp³-hybridized carbons (Fsp3) is 0.111.